The van der Waals surface area contributed by atoms with Gasteiger partial charge in [0, 0.05) is 12.1 Å². The van der Waals surface area contributed by atoms with E-state index in [-0.39, 0.29) is 0 Å². The summed E-state index contributed by atoms with van der Waals surface area (Å²) in [5, 5.41) is 0. The second kappa shape index (κ2) is 5.83. The van der Waals surface area contributed by atoms with Gasteiger partial charge in [0.2, 0.25) is 5.91 Å². The van der Waals surface area contributed by atoms with Gasteiger partial charge in [-0.1, -0.05) is 19.3 Å². The summed E-state index contributed by atoms with van der Waals surface area (Å²) in [5.74, 6) is -0.415. The fourth-order valence-corrected chi connectivity index (χ4v) is 2.71. The molecule has 0 aromatic carbocycles. The van der Waals surface area contributed by atoms with Crippen molar-refractivity contribution in [3.63, 3.8) is 0 Å². The summed E-state index contributed by atoms with van der Waals surface area (Å²) in [6.45, 7) is 3.85. The number of carbonyl (C=O) groups excluding carboxylic acids is 1. The van der Waals surface area contributed by atoms with Crippen molar-refractivity contribution in [2.45, 2.75) is 70.0 Å². The molecule has 0 bridgehead atoms. The van der Waals surface area contributed by atoms with Crippen molar-refractivity contribution in [1.29, 1.82) is 0 Å². The molecule has 100 valence electrons. The Morgan fingerprint density at radius 2 is 1.94 bits per heavy atom. The average molecular weight is 241 g/mol. The lowest BCUT2D eigenvalue weighted by Gasteiger charge is -2.38. The first-order valence-electron chi connectivity index (χ1n) is 6.65. The van der Waals surface area contributed by atoms with Gasteiger partial charge in [-0.2, -0.15) is 0 Å². The van der Waals surface area contributed by atoms with Crippen molar-refractivity contribution in [2.24, 2.45) is 11.5 Å². The Labute approximate surface area is 105 Å². The molecule has 0 radical (unpaired) electrons. The summed E-state index contributed by atoms with van der Waals surface area (Å²) >= 11 is 0. The van der Waals surface area contributed by atoms with Crippen LogP contribution in [0.25, 0.3) is 0 Å². The van der Waals surface area contributed by atoms with Gasteiger partial charge in [-0.15, -0.1) is 0 Å². The summed E-state index contributed by atoms with van der Waals surface area (Å²) in [7, 11) is 2.14. The van der Waals surface area contributed by atoms with E-state index < -0.39 is 11.4 Å². The van der Waals surface area contributed by atoms with E-state index in [2.05, 4.69) is 18.9 Å². The van der Waals surface area contributed by atoms with E-state index in [9.17, 15) is 4.79 Å². The maximum atomic E-state index is 11.2. The monoisotopic (exact) mass is 241 g/mol. The van der Waals surface area contributed by atoms with Gasteiger partial charge >= 0.3 is 0 Å². The number of amides is 1. The summed E-state index contributed by atoms with van der Waals surface area (Å²) in [5.41, 5.74) is 10.3. The number of nitrogens with zero attached hydrogens (tertiary/aromatic N) is 1. The van der Waals surface area contributed by atoms with Crippen LogP contribution in [0, 0.1) is 0 Å². The lowest BCUT2D eigenvalue weighted by Crippen LogP contribution is -2.54. The molecule has 1 amide bonds. The van der Waals surface area contributed by atoms with Gasteiger partial charge in [0.1, 0.15) is 0 Å². The first-order valence-corrected chi connectivity index (χ1v) is 6.65. The third-order valence-corrected chi connectivity index (χ3v) is 4.13. The standard InChI is InChI=1S/C13H27N3O/c1-10(9-13(2,15)12(14)17)16(3)11-7-5-4-6-8-11/h10-11H,4-9,15H2,1-3H3,(H2,14,17). The number of rotatable bonds is 5. The summed E-state index contributed by atoms with van der Waals surface area (Å²) < 4.78 is 0. The minimum atomic E-state index is -0.900. The number of hydrogen-bond donors (Lipinski definition) is 2. The normalized spacial score (nSPS) is 23.4. The predicted octanol–water partition coefficient (Wildman–Crippen LogP) is 1.23. The minimum absolute atomic E-state index is 0.292. The van der Waals surface area contributed by atoms with Gasteiger partial charge in [0.05, 0.1) is 5.54 Å². The maximum Gasteiger partial charge on any atom is 0.237 e. The Morgan fingerprint density at radius 1 is 1.41 bits per heavy atom. The largest absolute Gasteiger partial charge is 0.368 e. The molecule has 17 heavy (non-hydrogen) atoms. The van der Waals surface area contributed by atoms with E-state index in [1.165, 1.54) is 32.1 Å². The molecule has 0 aromatic rings. The number of hydrogen-bond acceptors (Lipinski definition) is 3. The third-order valence-electron chi connectivity index (χ3n) is 4.13. The zero-order valence-corrected chi connectivity index (χ0v) is 11.4. The second-order valence-electron chi connectivity index (χ2n) is 5.79. The Balaban J connectivity index is 2.51. The van der Waals surface area contributed by atoms with E-state index in [1.54, 1.807) is 6.92 Å². The number of nitrogens with two attached hydrogens (primary N) is 2. The molecule has 1 saturated carbocycles. The van der Waals surface area contributed by atoms with Crippen molar-refractivity contribution in [2.75, 3.05) is 7.05 Å². The molecule has 0 aliphatic heterocycles. The molecule has 1 rings (SSSR count). The molecule has 1 aliphatic rings. The lowest BCUT2D eigenvalue weighted by molar-refractivity contribution is -0.123. The molecule has 4 nitrogen and oxygen atoms in total. The van der Waals surface area contributed by atoms with Crippen LogP contribution in [0.5, 0.6) is 0 Å². The smallest absolute Gasteiger partial charge is 0.237 e. The molecule has 4 N–H and O–H groups in total. The maximum absolute atomic E-state index is 11.2. The predicted molar refractivity (Wildman–Crippen MR) is 70.5 cm³/mol. The van der Waals surface area contributed by atoms with Gasteiger partial charge in [-0.05, 0) is 40.2 Å². The van der Waals surface area contributed by atoms with Crippen molar-refractivity contribution in [3.8, 4) is 0 Å². The summed E-state index contributed by atoms with van der Waals surface area (Å²) in [4.78, 5) is 13.6. The zero-order valence-electron chi connectivity index (χ0n) is 11.4. The van der Waals surface area contributed by atoms with Gasteiger partial charge in [0.25, 0.3) is 0 Å². The van der Waals surface area contributed by atoms with Gasteiger partial charge < -0.3 is 16.4 Å². The van der Waals surface area contributed by atoms with Crippen LogP contribution in [0.15, 0.2) is 0 Å². The topological polar surface area (TPSA) is 72.3 Å². The van der Waals surface area contributed by atoms with Crippen LogP contribution in [-0.4, -0.2) is 35.5 Å². The Kier molecular flexibility index (Phi) is 4.95. The average Bonchev–Trinajstić information content (AvgIpc) is 2.28. The second-order valence-corrected chi connectivity index (χ2v) is 5.79. The highest BCUT2D eigenvalue weighted by molar-refractivity contribution is 5.83. The highest BCUT2D eigenvalue weighted by atomic mass is 16.1. The van der Waals surface area contributed by atoms with Crippen LogP contribution in [0.3, 0.4) is 0 Å². The molecule has 0 aromatic heterocycles. The van der Waals surface area contributed by atoms with Gasteiger partial charge in [-0.3, -0.25) is 4.79 Å². The molecule has 0 heterocycles. The quantitative estimate of drug-likeness (QED) is 0.760. The highest BCUT2D eigenvalue weighted by Crippen LogP contribution is 2.24. The lowest BCUT2D eigenvalue weighted by atomic mass is 9.90. The van der Waals surface area contributed by atoms with E-state index in [1.807, 2.05) is 0 Å². The van der Waals surface area contributed by atoms with E-state index in [0.29, 0.717) is 18.5 Å². The van der Waals surface area contributed by atoms with Crippen LogP contribution < -0.4 is 11.5 Å². The molecule has 2 unspecified atom stereocenters. The highest BCUT2D eigenvalue weighted by Gasteiger charge is 2.31. The van der Waals surface area contributed by atoms with Crippen LogP contribution >= 0.6 is 0 Å². The van der Waals surface area contributed by atoms with Crippen LogP contribution in [0.2, 0.25) is 0 Å². The van der Waals surface area contributed by atoms with Crippen molar-refractivity contribution in [1.82, 2.24) is 4.90 Å². The molecule has 1 aliphatic carbocycles. The van der Waals surface area contributed by atoms with Crippen molar-refractivity contribution < 1.29 is 4.79 Å². The van der Waals surface area contributed by atoms with Crippen molar-refractivity contribution >= 4 is 5.91 Å². The fourth-order valence-electron chi connectivity index (χ4n) is 2.71. The molecular weight excluding hydrogens is 214 g/mol. The number of carbonyl (C=O) groups is 1. The minimum Gasteiger partial charge on any atom is -0.368 e. The van der Waals surface area contributed by atoms with E-state index >= 15 is 0 Å². The first kappa shape index (κ1) is 14.5. The van der Waals surface area contributed by atoms with Gasteiger partial charge in [0.15, 0.2) is 0 Å². The van der Waals surface area contributed by atoms with Crippen LogP contribution in [0.4, 0.5) is 0 Å². The summed E-state index contributed by atoms with van der Waals surface area (Å²) in [6, 6.07) is 0.933. The molecule has 4 heteroatoms. The van der Waals surface area contributed by atoms with Gasteiger partial charge in [-0.25, -0.2) is 0 Å². The molecule has 2 atom stereocenters. The third kappa shape index (κ3) is 3.96. The molecule has 0 spiro atoms. The SMILES string of the molecule is CC(CC(C)(N)C(N)=O)N(C)C1CCCCC1. The van der Waals surface area contributed by atoms with Crippen LogP contribution in [-0.2, 0) is 4.79 Å². The first-order chi connectivity index (χ1) is 7.84. The van der Waals surface area contributed by atoms with Crippen LogP contribution in [0.1, 0.15) is 52.4 Å². The fraction of sp³-hybridized carbons (Fsp3) is 0.923. The summed E-state index contributed by atoms with van der Waals surface area (Å²) in [6.07, 6.45) is 7.14. The van der Waals surface area contributed by atoms with E-state index in [0.717, 1.165) is 0 Å². The zero-order chi connectivity index (χ0) is 13.1. The number of primary amides is 1. The Hall–Kier alpha value is -0.610. The molecule has 1 fully saturated rings. The molecular formula is C13H27N3O. The Bertz CT molecular complexity index is 259. The molecule has 0 saturated heterocycles. The van der Waals surface area contributed by atoms with Crippen molar-refractivity contribution in [3.05, 3.63) is 0 Å². The Morgan fingerprint density at radius 3 is 2.41 bits per heavy atom. The van der Waals surface area contributed by atoms with E-state index in [4.69, 9.17) is 11.5 Å².